The molecule has 2 N–H and O–H groups in total. The second kappa shape index (κ2) is 20.3. The number of benzene rings is 2. The fourth-order valence-electron chi connectivity index (χ4n) is 9.90. The van der Waals surface area contributed by atoms with Crippen molar-refractivity contribution in [3.63, 3.8) is 0 Å². The molecule has 3 aliphatic heterocycles. The smallest absolute Gasteiger partial charge is 0.406 e. The number of cyclic esters (lactones) is 1. The normalized spacial score (nSPS) is 21.0. The van der Waals surface area contributed by atoms with Crippen molar-refractivity contribution < 1.29 is 46.6 Å². The number of pyridine rings is 1. The summed E-state index contributed by atoms with van der Waals surface area (Å²) < 4.78 is 57.0. The van der Waals surface area contributed by atoms with Gasteiger partial charge in [-0.25, -0.2) is 5.43 Å². The van der Waals surface area contributed by atoms with E-state index in [0.29, 0.717) is 70.4 Å². The van der Waals surface area contributed by atoms with Gasteiger partial charge in [-0.3, -0.25) is 34.0 Å². The van der Waals surface area contributed by atoms with Gasteiger partial charge in [0.05, 0.1) is 30.0 Å². The molecule has 2 aromatic heterocycles. The number of ether oxygens (including phenoxy) is 2. The standard InChI is InChI=1S/C51H62F3N7O7/c1-9-42(62)59-22-19-35(27-59)47(64)58(7)44(30(2)3)46(63)56-40-24-32-13-10-14-33(23-32)34-17-18-41-37(25-34)38(26-50(5,6)29-68-49(66)39-16-12-21-61(57-39)48(40)65)45(60(41)28-51(52,53)54)36-15-11-20-55-43(36)31(4)67-8/h9-11,13-15,17-18,20,23,25,30-31,35,39-40,44,57H,1,12,16,19,21-22,24,26-29H2,2-8H3,(H,56,63)/t31-,35-,39-,40-,44?/m0/s1. The first-order valence-corrected chi connectivity index (χ1v) is 23.2. The minimum atomic E-state index is -4.59. The van der Waals surface area contributed by atoms with Crippen molar-refractivity contribution in [3.05, 3.63) is 90.3 Å². The van der Waals surface area contributed by atoms with Gasteiger partial charge in [-0.2, -0.15) is 13.2 Å². The minimum Gasteiger partial charge on any atom is -0.464 e. The number of hydrazine groups is 1. The van der Waals surface area contributed by atoms with Crippen molar-refractivity contribution in [2.75, 3.05) is 40.4 Å². The number of hydrogen-bond donors (Lipinski definition) is 2. The highest BCUT2D eigenvalue weighted by Crippen LogP contribution is 2.43. The van der Waals surface area contributed by atoms with Gasteiger partial charge >= 0.3 is 12.1 Å². The van der Waals surface area contributed by atoms with E-state index in [1.54, 1.807) is 49.3 Å². The monoisotopic (exact) mass is 941 g/mol. The SMILES string of the molecule is C=CC(=O)N1CC[C@H](C(=O)N(C)C(C(=O)N[C@H]2Cc3cccc(c3)-c3ccc4c(c3)c(c(-c3cccnc3[C@H](C)OC)n4CC(F)(F)F)CC(C)(C)COC(=O)[C@@H]3CCCN(N3)C2=O)C(C)C)C1. The summed E-state index contributed by atoms with van der Waals surface area (Å²) in [6, 6.07) is 13.2. The van der Waals surface area contributed by atoms with Crippen molar-refractivity contribution in [1.29, 1.82) is 0 Å². The van der Waals surface area contributed by atoms with Gasteiger partial charge < -0.3 is 29.2 Å². The number of halogens is 3. The number of esters is 1. The lowest BCUT2D eigenvalue weighted by atomic mass is 9.84. The third-order valence-corrected chi connectivity index (χ3v) is 13.3. The molecule has 0 aliphatic carbocycles. The zero-order chi connectivity index (χ0) is 49.2. The van der Waals surface area contributed by atoms with Crippen molar-refractivity contribution in [3.8, 4) is 22.4 Å². The summed E-state index contributed by atoms with van der Waals surface area (Å²) in [4.78, 5) is 76.8. The van der Waals surface area contributed by atoms with Gasteiger partial charge in [0.1, 0.15) is 24.7 Å². The Labute approximate surface area is 395 Å². The minimum absolute atomic E-state index is 0.0185. The van der Waals surface area contributed by atoms with E-state index in [4.69, 9.17) is 9.47 Å². The molecule has 0 radical (unpaired) electrons. The summed E-state index contributed by atoms with van der Waals surface area (Å²) in [5.41, 5.74) is 6.63. The number of methoxy groups -OCH3 is 1. The summed E-state index contributed by atoms with van der Waals surface area (Å²) in [7, 11) is 3.07. The number of likely N-dealkylation sites (tertiary alicyclic amines) is 1. The third-order valence-electron chi connectivity index (χ3n) is 13.3. The predicted molar refractivity (Wildman–Crippen MR) is 250 cm³/mol. The summed E-state index contributed by atoms with van der Waals surface area (Å²) in [5, 5.41) is 4.91. The lowest BCUT2D eigenvalue weighted by Crippen LogP contribution is -2.62. The molecule has 17 heteroatoms. The van der Waals surface area contributed by atoms with Crippen molar-refractivity contribution in [1.82, 2.24) is 35.1 Å². The van der Waals surface area contributed by atoms with Crippen LogP contribution in [-0.4, -0.2) is 119 Å². The summed E-state index contributed by atoms with van der Waals surface area (Å²) in [6.07, 6.45) is -0.870. The van der Waals surface area contributed by atoms with Crippen LogP contribution in [0.3, 0.4) is 0 Å². The van der Waals surface area contributed by atoms with Crippen LogP contribution in [0, 0.1) is 17.3 Å². The van der Waals surface area contributed by atoms with Crippen molar-refractivity contribution in [2.24, 2.45) is 17.3 Å². The van der Waals surface area contributed by atoms with E-state index in [1.165, 1.54) is 27.7 Å². The molecule has 0 spiro atoms. The fraction of sp³-hybridized carbons (Fsp3) is 0.490. The molecule has 2 fully saturated rings. The first-order valence-electron chi connectivity index (χ1n) is 23.2. The maximum absolute atomic E-state index is 14.7. The molecule has 14 nitrogen and oxygen atoms in total. The zero-order valence-corrected chi connectivity index (χ0v) is 39.8. The molecule has 2 aromatic carbocycles. The number of aromatic nitrogens is 2. The summed E-state index contributed by atoms with van der Waals surface area (Å²) >= 11 is 0. The zero-order valence-electron chi connectivity index (χ0n) is 39.8. The van der Waals surface area contributed by atoms with Crippen LogP contribution in [-0.2, 0) is 52.8 Å². The number of carbonyl (C=O) groups excluding carboxylic acids is 5. The molecule has 364 valence electrons. The lowest BCUT2D eigenvalue weighted by molar-refractivity contribution is -0.155. The van der Waals surface area contributed by atoms with Crippen LogP contribution < -0.4 is 10.7 Å². The highest BCUT2D eigenvalue weighted by atomic mass is 19.4. The van der Waals surface area contributed by atoms with Crippen molar-refractivity contribution >= 4 is 40.5 Å². The second-order valence-corrected chi connectivity index (χ2v) is 19.4. The topological polar surface area (TPSA) is 155 Å². The number of likely N-dealkylation sites (N-methyl/N-ethyl adjacent to an activating group) is 1. The molecule has 5 atom stereocenters. The molecule has 4 aromatic rings. The van der Waals surface area contributed by atoms with Gasteiger partial charge in [-0.1, -0.05) is 64.6 Å². The Balaban J connectivity index is 1.32. The first kappa shape index (κ1) is 49.8. The fourth-order valence-corrected chi connectivity index (χ4v) is 9.90. The number of fused-ring (bicyclic) bond motifs is 6. The number of hydrogen-bond acceptors (Lipinski definition) is 9. The summed E-state index contributed by atoms with van der Waals surface area (Å²) in [6.45, 7) is 12.2. The predicted octanol–water partition coefficient (Wildman–Crippen LogP) is 6.81. The van der Waals surface area contributed by atoms with Gasteiger partial charge in [0.15, 0.2) is 0 Å². The maximum Gasteiger partial charge on any atom is 0.406 e. The van der Waals surface area contributed by atoms with Crippen LogP contribution >= 0.6 is 0 Å². The number of carbonyl (C=O) groups is 5. The Hall–Kier alpha value is -6.07. The Morgan fingerprint density at radius 3 is 2.51 bits per heavy atom. The van der Waals surface area contributed by atoms with Crippen LogP contribution in [0.1, 0.15) is 76.8 Å². The molecule has 3 aliphatic rings. The number of rotatable bonds is 10. The second-order valence-electron chi connectivity index (χ2n) is 19.4. The Morgan fingerprint density at radius 1 is 1.06 bits per heavy atom. The van der Waals surface area contributed by atoms with E-state index in [9.17, 15) is 37.1 Å². The molecular formula is C51H62F3N7O7. The Morgan fingerprint density at radius 2 is 1.81 bits per heavy atom. The molecule has 2 saturated heterocycles. The number of amides is 4. The van der Waals surface area contributed by atoms with E-state index in [1.807, 2.05) is 58.0 Å². The molecular weight excluding hydrogens is 880 g/mol. The van der Waals surface area contributed by atoms with Crippen LogP contribution in [0.4, 0.5) is 13.2 Å². The lowest BCUT2D eigenvalue weighted by Gasteiger charge is -2.37. The molecule has 5 heterocycles. The van der Waals surface area contributed by atoms with E-state index < -0.39 is 66.1 Å². The average molecular weight is 942 g/mol. The highest BCUT2D eigenvalue weighted by Gasteiger charge is 2.41. The molecule has 7 rings (SSSR count). The molecule has 6 bridgehead atoms. The van der Waals surface area contributed by atoms with Gasteiger partial charge in [-0.15, -0.1) is 0 Å². The molecule has 68 heavy (non-hydrogen) atoms. The number of alkyl halides is 3. The molecule has 1 unspecified atom stereocenters. The van der Waals surface area contributed by atoms with Crippen LogP contribution in [0.25, 0.3) is 33.3 Å². The van der Waals surface area contributed by atoms with Crippen molar-refractivity contribution in [2.45, 2.75) is 104 Å². The summed E-state index contributed by atoms with van der Waals surface area (Å²) in [5.74, 6) is -3.09. The van der Waals surface area contributed by atoms with Gasteiger partial charge in [-0.05, 0) is 91.1 Å². The maximum atomic E-state index is 14.7. The van der Waals surface area contributed by atoms with E-state index in [2.05, 4.69) is 22.3 Å². The number of nitrogens with one attached hydrogen (secondary N) is 2. The Bertz CT molecular complexity index is 2570. The Kier molecular flexibility index (Phi) is 14.8. The van der Waals surface area contributed by atoms with Crippen LogP contribution in [0.5, 0.6) is 0 Å². The van der Waals surface area contributed by atoms with E-state index in [0.717, 1.165) is 5.56 Å². The molecule has 0 saturated carbocycles. The largest absolute Gasteiger partial charge is 0.464 e. The molecule has 4 amide bonds. The van der Waals surface area contributed by atoms with Crippen LogP contribution in [0.2, 0.25) is 0 Å². The quantitative estimate of drug-likeness (QED) is 0.129. The van der Waals surface area contributed by atoms with E-state index in [-0.39, 0.29) is 50.3 Å². The third kappa shape index (κ3) is 10.8. The van der Waals surface area contributed by atoms with E-state index >= 15 is 0 Å². The van der Waals surface area contributed by atoms with Crippen LogP contribution in [0.15, 0.2) is 73.4 Å². The van der Waals surface area contributed by atoms with Gasteiger partial charge in [0, 0.05) is 68.3 Å². The first-order chi connectivity index (χ1) is 32.2. The van der Waals surface area contributed by atoms with Gasteiger partial charge in [0.2, 0.25) is 17.7 Å². The number of nitrogens with zero attached hydrogens (tertiary/aromatic N) is 5. The highest BCUT2D eigenvalue weighted by molar-refractivity contribution is 5.96. The average Bonchev–Trinajstić information content (AvgIpc) is 3.91. The van der Waals surface area contributed by atoms with Gasteiger partial charge in [0.25, 0.3) is 5.91 Å².